The quantitative estimate of drug-likeness (QED) is 0.630. The minimum Gasteiger partial charge on any atom is -0.330 e. The van der Waals surface area contributed by atoms with Crippen LogP contribution in [0, 0.1) is 0 Å². The lowest BCUT2D eigenvalue weighted by Crippen LogP contribution is -2.50. The van der Waals surface area contributed by atoms with Crippen molar-refractivity contribution >= 4 is 11.7 Å². The number of para-hydroxylation sites is 1. The van der Waals surface area contributed by atoms with Crippen LogP contribution in [0.2, 0.25) is 0 Å². The van der Waals surface area contributed by atoms with Crippen molar-refractivity contribution in [2.24, 2.45) is 0 Å². The second kappa shape index (κ2) is 6.36. The lowest BCUT2D eigenvalue weighted by atomic mass is 9.90. The first-order valence-corrected chi connectivity index (χ1v) is 8.05. The third-order valence-electron chi connectivity index (χ3n) is 4.32. The van der Waals surface area contributed by atoms with Gasteiger partial charge in [-0.25, -0.2) is 4.68 Å². The Kier molecular flexibility index (Phi) is 4.28. The van der Waals surface area contributed by atoms with Gasteiger partial charge in [0.25, 0.3) is 11.7 Å². The van der Waals surface area contributed by atoms with Gasteiger partial charge in [0.05, 0.1) is 17.4 Å². The highest BCUT2D eigenvalue weighted by molar-refractivity contribution is 6.42. The predicted octanol–water partition coefficient (Wildman–Crippen LogP) is 2.84. The summed E-state index contributed by atoms with van der Waals surface area (Å²) in [6.45, 7) is 3.91. The zero-order valence-corrected chi connectivity index (χ0v) is 13.5. The molecule has 1 aromatic heterocycles. The molecule has 0 atom stereocenters. The molecule has 1 aliphatic carbocycles. The van der Waals surface area contributed by atoms with Crippen LogP contribution in [0.15, 0.2) is 42.7 Å². The van der Waals surface area contributed by atoms with Gasteiger partial charge in [0.2, 0.25) is 0 Å². The molecule has 0 spiro atoms. The normalized spacial score (nSPS) is 14.6. The first kappa shape index (κ1) is 15.5. The van der Waals surface area contributed by atoms with Crippen molar-refractivity contribution in [2.45, 2.75) is 45.2 Å². The van der Waals surface area contributed by atoms with Gasteiger partial charge in [0, 0.05) is 18.3 Å². The van der Waals surface area contributed by atoms with Crippen LogP contribution < -0.4 is 0 Å². The Labute approximate surface area is 135 Å². The van der Waals surface area contributed by atoms with Gasteiger partial charge in [-0.2, -0.15) is 5.10 Å². The van der Waals surface area contributed by atoms with E-state index in [0.29, 0.717) is 5.56 Å². The molecule has 5 nitrogen and oxygen atoms in total. The summed E-state index contributed by atoms with van der Waals surface area (Å²) in [5.74, 6) is -0.898. The highest BCUT2D eigenvalue weighted by Gasteiger charge is 2.34. The van der Waals surface area contributed by atoms with Crippen LogP contribution in [-0.2, 0) is 4.79 Å². The maximum absolute atomic E-state index is 12.6. The van der Waals surface area contributed by atoms with Gasteiger partial charge in [0.1, 0.15) is 0 Å². The van der Waals surface area contributed by atoms with Crippen molar-refractivity contribution < 1.29 is 9.59 Å². The molecule has 1 saturated carbocycles. The van der Waals surface area contributed by atoms with Crippen molar-refractivity contribution in [1.29, 1.82) is 0 Å². The predicted molar refractivity (Wildman–Crippen MR) is 87.5 cm³/mol. The van der Waals surface area contributed by atoms with E-state index in [0.717, 1.165) is 24.9 Å². The van der Waals surface area contributed by atoms with E-state index in [-0.39, 0.29) is 12.1 Å². The molecular weight excluding hydrogens is 290 g/mol. The number of hydrogen-bond acceptors (Lipinski definition) is 3. The van der Waals surface area contributed by atoms with E-state index in [9.17, 15) is 9.59 Å². The van der Waals surface area contributed by atoms with Crippen LogP contribution >= 0.6 is 0 Å². The number of carbonyl (C=O) groups is 2. The number of nitrogens with zero attached hydrogens (tertiary/aromatic N) is 3. The van der Waals surface area contributed by atoms with E-state index < -0.39 is 11.7 Å². The lowest BCUT2D eigenvalue weighted by molar-refractivity contribution is -0.132. The number of hydrogen-bond donors (Lipinski definition) is 0. The molecule has 120 valence electrons. The molecule has 5 heteroatoms. The number of carbonyl (C=O) groups excluding carboxylic acids is 2. The van der Waals surface area contributed by atoms with Gasteiger partial charge >= 0.3 is 0 Å². The van der Waals surface area contributed by atoms with Crippen LogP contribution in [0.4, 0.5) is 0 Å². The van der Waals surface area contributed by atoms with Crippen LogP contribution in [-0.4, -0.2) is 38.5 Å². The number of benzene rings is 1. The molecule has 1 aliphatic rings. The highest BCUT2D eigenvalue weighted by Crippen LogP contribution is 2.27. The second-order valence-electron chi connectivity index (χ2n) is 6.23. The highest BCUT2D eigenvalue weighted by atomic mass is 16.2. The third kappa shape index (κ3) is 3.04. The molecule has 0 bridgehead atoms. The Morgan fingerprint density at radius 1 is 1.22 bits per heavy atom. The number of rotatable bonds is 5. The Morgan fingerprint density at radius 3 is 2.48 bits per heavy atom. The molecule has 3 rings (SSSR count). The number of ketones is 1. The van der Waals surface area contributed by atoms with Crippen LogP contribution in [0.1, 0.15) is 43.5 Å². The molecule has 0 unspecified atom stereocenters. The molecule has 0 N–H and O–H groups in total. The molecule has 0 saturated heterocycles. The average molecular weight is 311 g/mol. The first-order chi connectivity index (χ1) is 11.1. The fourth-order valence-corrected chi connectivity index (χ4v) is 2.89. The lowest BCUT2D eigenvalue weighted by Gasteiger charge is -2.39. The monoisotopic (exact) mass is 311 g/mol. The summed E-state index contributed by atoms with van der Waals surface area (Å²) >= 11 is 0. The van der Waals surface area contributed by atoms with E-state index in [4.69, 9.17) is 0 Å². The second-order valence-corrected chi connectivity index (χ2v) is 6.23. The fourth-order valence-electron chi connectivity index (χ4n) is 2.89. The van der Waals surface area contributed by atoms with Crippen molar-refractivity contribution in [3.8, 4) is 5.69 Å². The molecule has 1 aromatic carbocycles. The Balaban J connectivity index is 1.80. The molecule has 1 heterocycles. The molecular formula is C18H21N3O2. The van der Waals surface area contributed by atoms with Crippen LogP contribution in [0.5, 0.6) is 0 Å². The minimum absolute atomic E-state index is 0.0286. The van der Waals surface area contributed by atoms with Gasteiger partial charge in [-0.3, -0.25) is 9.59 Å². The van der Waals surface area contributed by atoms with Gasteiger partial charge in [-0.05, 0) is 45.2 Å². The smallest absolute Gasteiger partial charge is 0.295 e. The van der Waals surface area contributed by atoms with E-state index in [1.807, 2.05) is 44.2 Å². The van der Waals surface area contributed by atoms with Gasteiger partial charge in [-0.15, -0.1) is 0 Å². The Morgan fingerprint density at radius 2 is 1.91 bits per heavy atom. The van der Waals surface area contributed by atoms with E-state index in [1.54, 1.807) is 15.8 Å². The van der Waals surface area contributed by atoms with Gasteiger partial charge < -0.3 is 4.90 Å². The van der Waals surface area contributed by atoms with Gasteiger partial charge in [-0.1, -0.05) is 18.2 Å². The Bertz CT molecular complexity index is 702. The van der Waals surface area contributed by atoms with Crippen molar-refractivity contribution in [3.05, 3.63) is 48.3 Å². The molecule has 0 aliphatic heterocycles. The standard InChI is InChI=1S/C18H21N3O2/c1-13(2)21(16-9-6-10-16)18(23)17(22)14-11-19-20(12-14)15-7-4-3-5-8-15/h3-5,7-8,11-13,16H,6,9-10H2,1-2H3. The average Bonchev–Trinajstić information content (AvgIpc) is 2.99. The molecule has 1 fully saturated rings. The zero-order chi connectivity index (χ0) is 16.4. The van der Waals surface area contributed by atoms with Crippen LogP contribution in [0.25, 0.3) is 5.69 Å². The summed E-state index contributed by atoms with van der Waals surface area (Å²) in [4.78, 5) is 26.9. The minimum atomic E-state index is -0.479. The molecule has 23 heavy (non-hydrogen) atoms. The molecule has 2 aromatic rings. The molecule has 1 amide bonds. The third-order valence-corrected chi connectivity index (χ3v) is 4.32. The largest absolute Gasteiger partial charge is 0.330 e. The van der Waals surface area contributed by atoms with Gasteiger partial charge in [0.15, 0.2) is 0 Å². The maximum atomic E-state index is 12.6. The summed E-state index contributed by atoms with van der Waals surface area (Å²) < 4.78 is 1.61. The Hall–Kier alpha value is -2.43. The SMILES string of the molecule is CC(C)N(C(=O)C(=O)c1cnn(-c2ccccc2)c1)C1CCC1. The number of aromatic nitrogens is 2. The van der Waals surface area contributed by atoms with E-state index in [1.165, 1.54) is 6.20 Å². The van der Waals surface area contributed by atoms with E-state index in [2.05, 4.69) is 5.10 Å². The number of amides is 1. The summed E-state index contributed by atoms with van der Waals surface area (Å²) in [5, 5.41) is 4.20. The van der Waals surface area contributed by atoms with Crippen molar-refractivity contribution in [2.75, 3.05) is 0 Å². The maximum Gasteiger partial charge on any atom is 0.295 e. The topological polar surface area (TPSA) is 55.2 Å². The van der Waals surface area contributed by atoms with E-state index >= 15 is 0 Å². The van der Waals surface area contributed by atoms with Crippen molar-refractivity contribution in [1.82, 2.24) is 14.7 Å². The summed E-state index contributed by atoms with van der Waals surface area (Å²) in [6, 6.07) is 9.76. The summed E-state index contributed by atoms with van der Waals surface area (Å²) in [7, 11) is 0. The van der Waals surface area contributed by atoms with Crippen LogP contribution in [0.3, 0.4) is 0 Å². The summed E-state index contributed by atoms with van der Waals surface area (Å²) in [5.41, 5.74) is 1.20. The molecule has 0 radical (unpaired) electrons. The summed E-state index contributed by atoms with van der Waals surface area (Å²) in [6.07, 6.45) is 6.18. The zero-order valence-electron chi connectivity index (χ0n) is 13.5. The fraction of sp³-hybridized carbons (Fsp3) is 0.389. The number of Topliss-reactive ketones (excluding diaryl/α,β-unsaturated/α-hetero) is 1. The first-order valence-electron chi connectivity index (χ1n) is 8.05. The van der Waals surface area contributed by atoms with Crippen molar-refractivity contribution in [3.63, 3.8) is 0 Å².